The van der Waals surface area contributed by atoms with Gasteiger partial charge in [-0.3, -0.25) is 4.90 Å². The van der Waals surface area contributed by atoms with Crippen LogP contribution in [-0.2, 0) is 6.54 Å². The van der Waals surface area contributed by atoms with E-state index in [-0.39, 0.29) is 6.10 Å². The number of β-amino-alcohol motifs (C(OH)–C–C–N with tert-alkyl or cyclic N) is 1. The molecule has 1 aliphatic rings. The Morgan fingerprint density at radius 2 is 1.68 bits per heavy atom. The van der Waals surface area contributed by atoms with E-state index in [1.165, 1.54) is 21.8 Å². The van der Waals surface area contributed by atoms with Crippen LogP contribution in [0.25, 0.3) is 21.8 Å². The molecule has 1 aromatic heterocycles. The zero-order valence-electron chi connectivity index (χ0n) is 14.5. The van der Waals surface area contributed by atoms with E-state index < -0.39 is 0 Å². The molecule has 1 fully saturated rings. The molecule has 0 unspecified atom stereocenters. The number of rotatable bonds is 4. The number of nitrogens with zero attached hydrogens (tertiary/aromatic N) is 3. The van der Waals surface area contributed by atoms with E-state index >= 15 is 0 Å². The van der Waals surface area contributed by atoms with Crippen molar-refractivity contribution in [2.75, 3.05) is 39.8 Å². The van der Waals surface area contributed by atoms with Crippen LogP contribution in [0.3, 0.4) is 0 Å². The number of aromatic nitrogens is 1. The Kier molecular flexibility index (Phi) is 4.82. The van der Waals surface area contributed by atoms with E-state index in [9.17, 15) is 5.11 Å². The number of hydrogen-bond donors (Lipinski definition) is 1. The Balaban J connectivity index is 1.61. The van der Waals surface area contributed by atoms with Crippen molar-refractivity contribution in [2.24, 2.45) is 0 Å². The lowest BCUT2D eigenvalue weighted by molar-refractivity contribution is 0.0723. The summed E-state index contributed by atoms with van der Waals surface area (Å²) in [5, 5.41) is 13.2. The van der Waals surface area contributed by atoms with Gasteiger partial charge in [0, 0.05) is 59.0 Å². The number of piperazine rings is 1. The van der Waals surface area contributed by atoms with Crippen LogP contribution < -0.4 is 0 Å². The minimum Gasteiger partial charge on any atom is -0.390 e. The molecule has 0 spiro atoms. The molecule has 1 aliphatic heterocycles. The molecule has 132 valence electrons. The molecule has 0 saturated carbocycles. The first-order chi connectivity index (χ1) is 12.1. The quantitative estimate of drug-likeness (QED) is 0.728. The average molecular weight is 402 g/mol. The fraction of sp³-hybridized carbons (Fsp3) is 0.400. The van der Waals surface area contributed by atoms with Crippen molar-refractivity contribution >= 4 is 37.7 Å². The van der Waals surface area contributed by atoms with Gasteiger partial charge in [0.05, 0.1) is 12.6 Å². The zero-order valence-corrected chi connectivity index (χ0v) is 16.1. The van der Waals surface area contributed by atoms with Gasteiger partial charge in [0.1, 0.15) is 0 Å². The number of aliphatic hydroxyl groups excluding tert-OH is 1. The number of fused-ring (bicyclic) bond motifs is 3. The van der Waals surface area contributed by atoms with E-state index in [0.717, 1.165) is 37.2 Å². The summed E-state index contributed by atoms with van der Waals surface area (Å²) in [6.07, 6.45) is -0.369. The lowest BCUT2D eigenvalue weighted by Gasteiger charge is -2.33. The molecule has 0 bridgehead atoms. The van der Waals surface area contributed by atoms with E-state index in [0.29, 0.717) is 6.54 Å². The second kappa shape index (κ2) is 7.08. The highest BCUT2D eigenvalue weighted by Crippen LogP contribution is 2.31. The molecule has 4 nitrogen and oxygen atoms in total. The third-order valence-electron chi connectivity index (χ3n) is 5.19. The van der Waals surface area contributed by atoms with Gasteiger partial charge in [-0.15, -0.1) is 0 Å². The van der Waals surface area contributed by atoms with Gasteiger partial charge >= 0.3 is 0 Å². The van der Waals surface area contributed by atoms with Gasteiger partial charge in [0.15, 0.2) is 0 Å². The van der Waals surface area contributed by atoms with Crippen molar-refractivity contribution in [3.05, 3.63) is 46.9 Å². The Morgan fingerprint density at radius 3 is 2.48 bits per heavy atom. The minimum atomic E-state index is -0.369. The molecule has 1 N–H and O–H groups in total. The van der Waals surface area contributed by atoms with Crippen LogP contribution in [-0.4, -0.2) is 65.3 Å². The molecule has 0 amide bonds. The number of para-hydroxylation sites is 1. The highest BCUT2D eigenvalue weighted by Gasteiger charge is 2.19. The van der Waals surface area contributed by atoms with Gasteiger partial charge in [-0.2, -0.15) is 0 Å². The van der Waals surface area contributed by atoms with Crippen LogP contribution >= 0.6 is 15.9 Å². The Morgan fingerprint density at radius 1 is 0.960 bits per heavy atom. The van der Waals surface area contributed by atoms with Crippen molar-refractivity contribution in [3.63, 3.8) is 0 Å². The number of likely N-dealkylation sites (N-methyl/N-ethyl adjacent to an activating group) is 1. The fourth-order valence-electron chi connectivity index (χ4n) is 3.82. The summed E-state index contributed by atoms with van der Waals surface area (Å²) < 4.78 is 3.35. The van der Waals surface area contributed by atoms with Crippen LogP contribution in [0.15, 0.2) is 46.9 Å². The van der Waals surface area contributed by atoms with Gasteiger partial charge in [0.25, 0.3) is 0 Å². The fourth-order valence-corrected chi connectivity index (χ4v) is 4.18. The molecule has 1 saturated heterocycles. The van der Waals surface area contributed by atoms with E-state index in [1.807, 2.05) is 0 Å². The first kappa shape index (κ1) is 17.0. The highest BCUT2D eigenvalue weighted by atomic mass is 79.9. The summed E-state index contributed by atoms with van der Waals surface area (Å²) in [5.41, 5.74) is 2.37. The molecule has 2 heterocycles. The van der Waals surface area contributed by atoms with Crippen LogP contribution in [0.1, 0.15) is 0 Å². The third-order valence-corrected chi connectivity index (χ3v) is 5.69. The summed E-state index contributed by atoms with van der Waals surface area (Å²) in [7, 11) is 2.16. The molecule has 2 aromatic carbocycles. The van der Waals surface area contributed by atoms with Crippen molar-refractivity contribution in [3.8, 4) is 0 Å². The largest absolute Gasteiger partial charge is 0.390 e. The normalized spacial score (nSPS) is 18.2. The van der Waals surface area contributed by atoms with Gasteiger partial charge in [0.2, 0.25) is 0 Å². The summed E-state index contributed by atoms with van der Waals surface area (Å²) in [6.45, 7) is 5.59. The van der Waals surface area contributed by atoms with Crippen LogP contribution in [0.2, 0.25) is 0 Å². The SMILES string of the molecule is CN1CCN(C[C@H](O)Cn2c3ccccc3c3cc(Br)ccc32)CC1. The first-order valence-electron chi connectivity index (χ1n) is 8.87. The molecule has 1 atom stereocenters. The maximum atomic E-state index is 10.7. The summed E-state index contributed by atoms with van der Waals surface area (Å²) in [6, 6.07) is 14.8. The zero-order chi connectivity index (χ0) is 17.4. The summed E-state index contributed by atoms with van der Waals surface area (Å²) >= 11 is 3.58. The van der Waals surface area contributed by atoms with E-state index in [1.54, 1.807) is 0 Å². The van der Waals surface area contributed by atoms with Gasteiger partial charge in [-0.05, 0) is 31.3 Å². The average Bonchev–Trinajstić information content (AvgIpc) is 2.91. The Hall–Kier alpha value is -1.40. The number of halogens is 1. The topological polar surface area (TPSA) is 31.6 Å². The van der Waals surface area contributed by atoms with Crippen molar-refractivity contribution in [1.29, 1.82) is 0 Å². The van der Waals surface area contributed by atoms with Crippen LogP contribution in [0, 0.1) is 0 Å². The van der Waals surface area contributed by atoms with Gasteiger partial charge in [-0.1, -0.05) is 34.1 Å². The maximum Gasteiger partial charge on any atom is 0.0845 e. The van der Waals surface area contributed by atoms with E-state index in [2.05, 4.69) is 79.8 Å². The maximum absolute atomic E-state index is 10.7. The summed E-state index contributed by atoms with van der Waals surface area (Å²) in [5.74, 6) is 0. The predicted octanol–water partition coefficient (Wildman–Crippen LogP) is 3.17. The number of hydrogen-bond acceptors (Lipinski definition) is 3. The molecule has 4 rings (SSSR count). The first-order valence-corrected chi connectivity index (χ1v) is 9.66. The smallest absolute Gasteiger partial charge is 0.0845 e. The second-order valence-electron chi connectivity index (χ2n) is 7.05. The highest BCUT2D eigenvalue weighted by molar-refractivity contribution is 9.10. The summed E-state index contributed by atoms with van der Waals surface area (Å²) in [4.78, 5) is 4.71. The number of benzene rings is 2. The van der Waals surface area contributed by atoms with Crippen molar-refractivity contribution in [2.45, 2.75) is 12.6 Å². The lowest BCUT2D eigenvalue weighted by Crippen LogP contribution is -2.47. The van der Waals surface area contributed by atoms with Gasteiger partial charge < -0.3 is 14.6 Å². The van der Waals surface area contributed by atoms with Gasteiger partial charge in [-0.25, -0.2) is 0 Å². The van der Waals surface area contributed by atoms with Crippen LogP contribution in [0.5, 0.6) is 0 Å². The van der Waals surface area contributed by atoms with Crippen molar-refractivity contribution in [1.82, 2.24) is 14.4 Å². The molecular formula is C20H24BrN3O. The minimum absolute atomic E-state index is 0.369. The van der Waals surface area contributed by atoms with Crippen molar-refractivity contribution < 1.29 is 5.11 Å². The molecular weight excluding hydrogens is 378 g/mol. The second-order valence-corrected chi connectivity index (χ2v) is 7.96. The standard InChI is InChI=1S/C20H24BrN3O/c1-22-8-10-23(11-9-22)13-16(25)14-24-19-5-3-2-4-17(19)18-12-15(21)6-7-20(18)24/h2-7,12,16,25H,8-11,13-14H2,1H3/t16-/m0/s1. The number of aliphatic hydroxyl groups is 1. The Bertz CT molecular complexity index is 883. The van der Waals surface area contributed by atoms with E-state index in [4.69, 9.17) is 0 Å². The molecule has 25 heavy (non-hydrogen) atoms. The van der Waals surface area contributed by atoms with Crippen LogP contribution in [0.4, 0.5) is 0 Å². The predicted molar refractivity (Wildman–Crippen MR) is 107 cm³/mol. The molecule has 3 aromatic rings. The lowest BCUT2D eigenvalue weighted by atomic mass is 10.2. The molecule has 0 radical (unpaired) electrons. The third kappa shape index (κ3) is 3.47. The molecule has 5 heteroatoms. The Labute approximate surface area is 156 Å². The molecule has 0 aliphatic carbocycles. The monoisotopic (exact) mass is 401 g/mol.